The number of amides is 1. The van der Waals surface area contributed by atoms with Gasteiger partial charge in [0.1, 0.15) is 6.61 Å². The third kappa shape index (κ3) is 3.55. The van der Waals surface area contributed by atoms with Crippen molar-refractivity contribution in [2.45, 2.75) is 25.5 Å². The number of nitrogens with zero attached hydrogens (tertiary/aromatic N) is 1. The molecular weight excluding hydrogens is 316 g/mol. The summed E-state index contributed by atoms with van der Waals surface area (Å²) in [6, 6.07) is 15.8. The van der Waals surface area contributed by atoms with Crippen molar-refractivity contribution in [2.24, 2.45) is 0 Å². The zero-order chi connectivity index (χ0) is 17.1. The fourth-order valence-corrected chi connectivity index (χ4v) is 3.25. The number of anilines is 1. The Labute approximate surface area is 147 Å². The number of ether oxygens (including phenoxy) is 2. The Morgan fingerprint density at radius 1 is 1.04 bits per heavy atom. The van der Waals surface area contributed by atoms with Crippen molar-refractivity contribution in [3.8, 4) is 11.5 Å². The number of fused-ring (bicyclic) bond motifs is 1. The van der Waals surface area contributed by atoms with E-state index in [4.69, 9.17) is 9.47 Å². The molecule has 5 heteroatoms. The molecular formula is C20H22N2O3. The van der Waals surface area contributed by atoms with Crippen molar-refractivity contribution >= 4 is 11.6 Å². The van der Waals surface area contributed by atoms with Crippen molar-refractivity contribution < 1.29 is 14.3 Å². The highest BCUT2D eigenvalue weighted by molar-refractivity contribution is 5.81. The van der Waals surface area contributed by atoms with Gasteiger partial charge in [0, 0.05) is 25.3 Å². The van der Waals surface area contributed by atoms with Crippen molar-refractivity contribution in [1.82, 2.24) is 5.32 Å². The molecule has 0 spiro atoms. The largest absolute Gasteiger partial charge is 0.485 e. The van der Waals surface area contributed by atoms with Gasteiger partial charge in [-0.2, -0.15) is 0 Å². The number of nitrogens with one attached hydrogen (secondary N) is 1. The number of hydrogen-bond donors (Lipinski definition) is 1. The quantitative estimate of drug-likeness (QED) is 0.931. The first-order chi connectivity index (χ1) is 12.3. The van der Waals surface area contributed by atoms with Gasteiger partial charge in [0.15, 0.2) is 11.5 Å². The van der Waals surface area contributed by atoms with Crippen LogP contribution >= 0.6 is 0 Å². The van der Waals surface area contributed by atoms with Crippen LogP contribution in [0.2, 0.25) is 0 Å². The molecule has 2 aliphatic rings. The standard InChI is InChI=1S/C20H22N2O3/c23-20(19-14-24-17-5-1-2-6-18(17)25-19)21-13-15-7-9-16(10-8-15)22-11-3-4-12-22/h1-2,5-10,19H,3-4,11-14H2,(H,21,23). The summed E-state index contributed by atoms with van der Waals surface area (Å²) < 4.78 is 11.3. The van der Waals surface area contributed by atoms with Crippen molar-refractivity contribution in [3.63, 3.8) is 0 Å². The van der Waals surface area contributed by atoms with Gasteiger partial charge in [0.05, 0.1) is 0 Å². The van der Waals surface area contributed by atoms with Gasteiger partial charge < -0.3 is 19.7 Å². The SMILES string of the molecule is O=C(NCc1ccc(N2CCCC2)cc1)C1COc2ccccc2O1. The van der Waals surface area contributed by atoms with Crippen LogP contribution in [0.1, 0.15) is 18.4 Å². The summed E-state index contributed by atoms with van der Waals surface area (Å²) in [4.78, 5) is 14.7. The van der Waals surface area contributed by atoms with E-state index in [1.165, 1.54) is 18.5 Å². The van der Waals surface area contributed by atoms with Crippen LogP contribution in [-0.2, 0) is 11.3 Å². The van der Waals surface area contributed by atoms with Crippen molar-refractivity contribution in [3.05, 3.63) is 54.1 Å². The molecule has 0 saturated carbocycles. The average molecular weight is 338 g/mol. The summed E-state index contributed by atoms with van der Waals surface area (Å²) in [6.07, 6.45) is 1.92. The third-order valence-electron chi connectivity index (χ3n) is 4.68. The van der Waals surface area contributed by atoms with Gasteiger partial charge in [-0.1, -0.05) is 24.3 Å². The van der Waals surface area contributed by atoms with Gasteiger partial charge in [-0.05, 0) is 42.7 Å². The van der Waals surface area contributed by atoms with Gasteiger partial charge in [-0.25, -0.2) is 0 Å². The molecule has 1 saturated heterocycles. The maximum absolute atomic E-state index is 12.3. The molecule has 0 bridgehead atoms. The number of benzene rings is 2. The highest BCUT2D eigenvalue weighted by Crippen LogP contribution is 2.30. The van der Waals surface area contributed by atoms with E-state index in [1.807, 2.05) is 24.3 Å². The maximum Gasteiger partial charge on any atom is 0.264 e. The van der Waals surface area contributed by atoms with Gasteiger partial charge in [0.2, 0.25) is 6.10 Å². The maximum atomic E-state index is 12.3. The zero-order valence-electron chi connectivity index (χ0n) is 14.1. The first-order valence-corrected chi connectivity index (χ1v) is 8.80. The Hall–Kier alpha value is -2.69. The van der Waals surface area contributed by atoms with E-state index in [0.29, 0.717) is 18.0 Å². The van der Waals surface area contributed by atoms with Crippen LogP contribution in [0.25, 0.3) is 0 Å². The Kier molecular flexibility index (Phi) is 4.46. The monoisotopic (exact) mass is 338 g/mol. The van der Waals surface area contributed by atoms with Crippen LogP contribution in [0.15, 0.2) is 48.5 Å². The minimum absolute atomic E-state index is 0.155. The molecule has 0 radical (unpaired) electrons. The number of para-hydroxylation sites is 2. The first kappa shape index (κ1) is 15.8. The summed E-state index contributed by atoms with van der Waals surface area (Å²) in [7, 11) is 0. The zero-order valence-corrected chi connectivity index (χ0v) is 14.1. The molecule has 0 aliphatic carbocycles. The lowest BCUT2D eigenvalue weighted by Crippen LogP contribution is -2.43. The average Bonchev–Trinajstić information content (AvgIpc) is 3.21. The fourth-order valence-electron chi connectivity index (χ4n) is 3.25. The summed E-state index contributed by atoms with van der Waals surface area (Å²) in [6.45, 7) is 2.99. The van der Waals surface area contributed by atoms with E-state index in [0.717, 1.165) is 18.7 Å². The predicted molar refractivity (Wildman–Crippen MR) is 96.1 cm³/mol. The fraction of sp³-hybridized carbons (Fsp3) is 0.350. The highest BCUT2D eigenvalue weighted by atomic mass is 16.6. The van der Waals surface area contributed by atoms with Crippen LogP contribution < -0.4 is 19.7 Å². The Bertz CT molecular complexity index is 739. The Morgan fingerprint density at radius 3 is 2.52 bits per heavy atom. The van der Waals surface area contributed by atoms with E-state index in [9.17, 15) is 4.79 Å². The highest BCUT2D eigenvalue weighted by Gasteiger charge is 2.26. The van der Waals surface area contributed by atoms with Gasteiger partial charge in [0.25, 0.3) is 5.91 Å². The predicted octanol–water partition coefficient (Wildman–Crippen LogP) is 2.74. The number of rotatable bonds is 4. The van der Waals surface area contributed by atoms with Crippen LogP contribution in [0.5, 0.6) is 11.5 Å². The molecule has 25 heavy (non-hydrogen) atoms. The minimum atomic E-state index is -0.612. The molecule has 2 aliphatic heterocycles. The van der Waals surface area contributed by atoms with Crippen LogP contribution in [0.4, 0.5) is 5.69 Å². The van der Waals surface area contributed by atoms with Crippen LogP contribution in [0, 0.1) is 0 Å². The molecule has 1 unspecified atom stereocenters. The molecule has 1 atom stereocenters. The lowest BCUT2D eigenvalue weighted by atomic mass is 10.2. The Balaban J connectivity index is 1.31. The van der Waals surface area contributed by atoms with Gasteiger partial charge in [-0.15, -0.1) is 0 Å². The number of carbonyl (C=O) groups is 1. The number of carbonyl (C=O) groups excluding carboxylic acids is 1. The molecule has 2 aromatic rings. The van der Waals surface area contributed by atoms with E-state index >= 15 is 0 Å². The normalized spacial score (nSPS) is 18.9. The summed E-state index contributed by atoms with van der Waals surface area (Å²) in [5, 5.41) is 2.93. The van der Waals surface area contributed by atoms with Crippen molar-refractivity contribution in [2.75, 3.05) is 24.6 Å². The first-order valence-electron chi connectivity index (χ1n) is 8.80. The van der Waals surface area contributed by atoms with Crippen LogP contribution in [0.3, 0.4) is 0 Å². The molecule has 5 nitrogen and oxygen atoms in total. The second-order valence-corrected chi connectivity index (χ2v) is 6.44. The summed E-state index contributed by atoms with van der Waals surface area (Å²) in [5.74, 6) is 1.14. The molecule has 1 amide bonds. The second-order valence-electron chi connectivity index (χ2n) is 6.44. The Morgan fingerprint density at radius 2 is 1.76 bits per heavy atom. The lowest BCUT2D eigenvalue weighted by molar-refractivity contribution is -0.130. The molecule has 1 N–H and O–H groups in total. The summed E-state index contributed by atoms with van der Waals surface area (Å²) >= 11 is 0. The third-order valence-corrected chi connectivity index (χ3v) is 4.68. The molecule has 2 aromatic carbocycles. The number of hydrogen-bond acceptors (Lipinski definition) is 4. The topological polar surface area (TPSA) is 50.8 Å². The molecule has 0 aromatic heterocycles. The lowest BCUT2D eigenvalue weighted by Gasteiger charge is -2.25. The van der Waals surface area contributed by atoms with Crippen LogP contribution in [-0.4, -0.2) is 31.7 Å². The summed E-state index contributed by atoms with van der Waals surface area (Å²) in [5.41, 5.74) is 2.33. The molecule has 1 fully saturated rings. The second kappa shape index (κ2) is 7.05. The molecule has 4 rings (SSSR count). The van der Waals surface area contributed by atoms with E-state index in [1.54, 1.807) is 0 Å². The minimum Gasteiger partial charge on any atom is -0.485 e. The van der Waals surface area contributed by atoms with Crippen molar-refractivity contribution in [1.29, 1.82) is 0 Å². The van der Waals surface area contributed by atoms with Gasteiger partial charge >= 0.3 is 0 Å². The molecule has 2 heterocycles. The smallest absolute Gasteiger partial charge is 0.264 e. The van der Waals surface area contributed by atoms with Gasteiger partial charge in [-0.3, -0.25) is 4.79 Å². The molecule has 130 valence electrons. The van der Waals surface area contributed by atoms with E-state index in [2.05, 4.69) is 34.5 Å². The van der Waals surface area contributed by atoms with E-state index < -0.39 is 6.10 Å². The van der Waals surface area contributed by atoms with E-state index in [-0.39, 0.29) is 12.5 Å².